The molecule has 0 aliphatic heterocycles. The molecular formula is C24H23ClF2N4O6. The van der Waals surface area contributed by atoms with Crippen molar-refractivity contribution in [1.82, 2.24) is 15.6 Å². The number of carbonyl (C=O) groups is 2. The Bertz CT molecular complexity index is 1350. The van der Waals surface area contributed by atoms with Crippen molar-refractivity contribution in [1.29, 1.82) is 0 Å². The van der Waals surface area contributed by atoms with Crippen molar-refractivity contribution in [3.63, 3.8) is 0 Å². The Kier molecular flexibility index (Phi) is 7.91. The maximum absolute atomic E-state index is 15.1. The number of hydrogen-bond donors (Lipinski definition) is 5. The van der Waals surface area contributed by atoms with E-state index in [0.717, 1.165) is 18.9 Å². The summed E-state index contributed by atoms with van der Waals surface area (Å²) < 4.78 is 40.8. The van der Waals surface area contributed by atoms with Crippen LogP contribution in [0.1, 0.15) is 23.2 Å². The first-order valence-electron chi connectivity index (χ1n) is 11.2. The molecule has 1 aromatic heterocycles. The standard InChI is InChI=1S/C24H23ClF2N4O6/c1-36-19-8-16-13(6-14(19)23(34)29-9-12(33)10-32)18(4-5-28-16)37-22-15(26)7-17(20(25)21(22)27)31-24(35)30-11-2-3-11/h4-8,11-12,32-33H,2-3,9-10H2,1H3,(H,29,34)(H2,30,31,35)/t12-/m0/s1. The second-order valence-corrected chi connectivity index (χ2v) is 8.64. The highest BCUT2D eigenvalue weighted by Crippen LogP contribution is 2.39. The molecule has 10 nitrogen and oxygen atoms in total. The number of fused-ring (bicyclic) bond motifs is 1. The van der Waals surface area contributed by atoms with Crippen molar-refractivity contribution in [3.05, 3.63) is 52.7 Å². The maximum atomic E-state index is 15.1. The molecular weight excluding hydrogens is 514 g/mol. The summed E-state index contributed by atoms with van der Waals surface area (Å²) in [6.45, 7) is -0.767. The second-order valence-electron chi connectivity index (χ2n) is 8.26. The summed E-state index contributed by atoms with van der Waals surface area (Å²) in [6, 6.07) is 4.36. The molecule has 0 unspecified atom stereocenters. The Balaban J connectivity index is 1.66. The molecule has 1 aliphatic carbocycles. The van der Waals surface area contributed by atoms with Crippen LogP contribution in [0, 0.1) is 11.6 Å². The number of anilines is 1. The minimum Gasteiger partial charge on any atom is -0.496 e. The maximum Gasteiger partial charge on any atom is 0.319 e. The Morgan fingerprint density at radius 2 is 2.00 bits per heavy atom. The molecule has 1 atom stereocenters. The van der Waals surface area contributed by atoms with E-state index < -0.39 is 47.1 Å². The van der Waals surface area contributed by atoms with Crippen LogP contribution in [0.4, 0.5) is 19.3 Å². The quantitative estimate of drug-likeness (QED) is 0.264. The lowest BCUT2D eigenvalue weighted by atomic mass is 10.1. The Morgan fingerprint density at radius 3 is 2.68 bits per heavy atom. The number of aromatic nitrogens is 1. The molecule has 13 heteroatoms. The SMILES string of the molecule is COc1cc2nccc(Oc3c(F)cc(NC(=O)NC4CC4)c(Cl)c3F)c2cc1C(=O)NC[C@H](O)CO. The van der Waals surface area contributed by atoms with Crippen LogP contribution < -0.4 is 25.4 Å². The summed E-state index contributed by atoms with van der Waals surface area (Å²) in [7, 11) is 1.34. The van der Waals surface area contributed by atoms with Gasteiger partial charge in [0, 0.05) is 36.3 Å². The molecule has 0 radical (unpaired) electrons. The van der Waals surface area contributed by atoms with Gasteiger partial charge in [-0.05, 0) is 25.0 Å². The lowest BCUT2D eigenvalue weighted by Gasteiger charge is -2.16. The van der Waals surface area contributed by atoms with Crippen LogP contribution in [0.2, 0.25) is 5.02 Å². The van der Waals surface area contributed by atoms with Gasteiger partial charge >= 0.3 is 6.03 Å². The van der Waals surface area contributed by atoms with Crippen LogP contribution >= 0.6 is 11.6 Å². The van der Waals surface area contributed by atoms with Crippen molar-refractivity contribution < 1.29 is 38.1 Å². The smallest absolute Gasteiger partial charge is 0.319 e. The fourth-order valence-electron chi connectivity index (χ4n) is 3.40. The third-order valence-electron chi connectivity index (χ3n) is 5.47. The molecule has 3 amide bonds. The molecule has 1 fully saturated rings. The molecule has 1 saturated carbocycles. The van der Waals surface area contributed by atoms with E-state index in [4.69, 9.17) is 26.2 Å². The predicted molar refractivity (Wildman–Crippen MR) is 130 cm³/mol. The summed E-state index contributed by atoms with van der Waals surface area (Å²) in [5.74, 6) is -3.72. The molecule has 0 bridgehead atoms. The van der Waals surface area contributed by atoms with Gasteiger partial charge in [-0.15, -0.1) is 0 Å². The summed E-state index contributed by atoms with van der Waals surface area (Å²) >= 11 is 6.05. The average molecular weight is 537 g/mol. The molecule has 0 spiro atoms. The van der Waals surface area contributed by atoms with E-state index in [2.05, 4.69) is 20.9 Å². The van der Waals surface area contributed by atoms with E-state index in [0.29, 0.717) is 5.52 Å². The number of amides is 3. The van der Waals surface area contributed by atoms with E-state index in [9.17, 15) is 19.1 Å². The predicted octanol–water partition coefficient (Wildman–Crippen LogP) is 3.33. The number of hydrogen-bond acceptors (Lipinski definition) is 7. The monoisotopic (exact) mass is 536 g/mol. The van der Waals surface area contributed by atoms with Crippen molar-refractivity contribution in [3.8, 4) is 17.2 Å². The molecule has 1 aliphatic rings. The number of urea groups is 1. The van der Waals surface area contributed by atoms with E-state index >= 15 is 4.39 Å². The Labute approximate surface area is 214 Å². The van der Waals surface area contributed by atoms with Crippen LogP contribution in [-0.2, 0) is 0 Å². The highest BCUT2D eigenvalue weighted by atomic mass is 35.5. The Hall–Kier alpha value is -3.74. The fourth-order valence-corrected chi connectivity index (χ4v) is 3.59. The third-order valence-corrected chi connectivity index (χ3v) is 5.84. The van der Waals surface area contributed by atoms with Crippen molar-refractivity contribution in [2.45, 2.75) is 25.0 Å². The van der Waals surface area contributed by atoms with Gasteiger partial charge in [-0.2, -0.15) is 0 Å². The minimum atomic E-state index is -1.24. The van der Waals surface area contributed by atoms with Crippen LogP contribution in [0.15, 0.2) is 30.5 Å². The summed E-state index contributed by atoms with van der Waals surface area (Å²) in [5, 5.41) is 25.5. The number of aliphatic hydroxyl groups excluding tert-OH is 2. The average Bonchev–Trinajstić information content (AvgIpc) is 3.70. The zero-order valence-corrected chi connectivity index (χ0v) is 20.2. The van der Waals surface area contributed by atoms with E-state index in [1.165, 1.54) is 31.5 Å². The van der Waals surface area contributed by atoms with Gasteiger partial charge in [-0.25, -0.2) is 13.6 Å². The van der Waals surface area contributed by atoms with E-state index in [1.54, 1.807) is 0 Å². The van der Waals surface area contributed by atoms with Gasteiger partial charge in [0.1, 0.15) is 16.5 Å². The van der Waals surface area contributed by atoms with Crippen LogP contribution in [0.5, 0.6) is 17.2 Å². The van der Waals surface area contributed by atoms with Gasteiger partial charge in [-0.3, -0.25) is 9.78 Å². The number of halogens is 3. The molecule has 1 heterocycles. The zero-order valence-electron chi connectivity index (χ0n) is 19.5. The molecule has 0 saturated heterocycles. The first kappa shape index (κ1) is 26.3. The normalized spacial score (nSPS) is 13.7. The number of ether oxygens (including phenoxy) is 2. The van der Waals surface area contributed by atoms with Gasteiger partial charge in [0.05, 0.1) is 36.6 Å². The highest BCUT2D eigenvalue weighted by molar-refractivity contribution is 6.34. The summed E-state index contributed by atoms with van der Waals surface area (Å²) in [5.41, 5.74) is 0.0527. The number of methoxy groups -OCH3 is 1. The number of benzene rings is 2. The van der Waals surface area contributed by atoms with Crippen LogP contribution in [0.3, 0.4) is 0 Å². The molecule has 2 aromatic carbocycles. The summed E-state index contributed by atoms with van der Waals surface area (Å²) in [6.07, 6.45) is 1.83. The summed E-state index contributed by atoms with van der Waals surface area (Å²) in [4.78, 5) is 28.8. The number of aliphatic hydroxyl groups is 2. The lowest BCUT2D eigenvalue weighted by molar-refractivity contribution is 0.0800. The third kappa shape index (κ3) is 5.98. The molecule has 3 aromatic rings. The first-order chi connectivity index (χ1) is 17.7. The topological polar surface area (TPSA) is 142 Å². The Morgan fingerprint density at radius 1 is 1.24 bits per heavy atom. The molecule has 5 N–H and O–H groups in total. The van der Waals surface area contributed by atoms with Gasteiger partial charge in [0.2, 0.25) is 0 Å². The van der Waals surface area contributed by atoms with Gasteiger partial charge in [0.15, 0.2) is 17.4 Å². The fraction of sp³-hybridized carbons (Fsp3) is 0.292. The number of pyridine rings is 1. The van der Waals surface area contributed by atoms with Gasteiger partial charge < -0.3 is 35.6 Å². The number of nitrogens with one attached hydrogen (secondary N) is 3. The number of carbonyl (C=O) groups excluding carboxylic acids is 2. The van der Waals surface area contributed by atoms with E-state index in [1.807, 2.05) is 0 Å². The second kappa shape index (κ2) is 11.1. The van der Waals surface area contributed by atoms with Crippen molar-refractivity contribution >= 4 is 40.1 Å². The highest BCUT2D eigenvalue weighted by Gasteiger charge is 2.26. The van der Waals surface area contributed by atoms with Crippen molar-refractivity contribution in [2.24, 2.45) is 0 Å². The number of nitrogens with zero attached hydrogens (tertiary/aromatic N) is 1. The van der Waals surface area contributed by atoms with Gasteiger partial charge in [-0.1, -0.05) is 11.6 Å². The van der Waals surface area contributed by atoms with Crippen LogP contribution in [0.25, 0.3) is 10.9 Å². The largest absolute Gasteiger partial charge is 0.496 e. The number of rotatable bonds is 9. The van der Waals surface area contributed by atoms with Crippen LogP contribution in [-0.4, -0.2) is 59.5 Å². The minimum absolute atomic E-state index is 0.0261. The van der Waals surface area contributed by atoms with E-state index in [-0.39, 0.29) is 40.7 Å². The van der Waals surface area contributed by atoms with Crippen molar-refractivity contribution in [2.75, 3.05) is 25.6 Å². The zero-order chi connectivity index (χ0) is 26.7. The lowest BCUT2D eigenvalue weighted by Crippen LogP contribution is -2.34. The van der Waals surface area contributed by atoms with Gasteiger partial charge in [0.25, 0.3) is 5.91 Å². The molecule has 196 valence electrons. The molecule has 37 heavy (non-hydrogen) atoms. The first-order valence-corrected chi connectivity index (χ1v) is 11.6. The molecule has 4 rings (SSSR count).